The summed E-state index contributed by atoms with van der Waals surface area (Å²) in [7, 11) is 4.27. The lowest BCUT2D eigenvalue weighted by Gasteiger charge is -2.55. The predicted molar refractivity (Wildman–Crippen MR) is 98.8 cm³/mol. The van der Waals surface area contributed by atoms with Crippen molar-refractivity contribution in [3.05, 3.63) is 23.3 Å². The van der Waals surface area contributed by atoms with E-state index < -0.39 is 0 Å². The number of hydrogen-bond acceptors (Lipinski definition) is 3. The molecule has 0 aliphatic heterocycles. The van der Waals surface area contributed by atoms with E-state index in [1.54, 1.807) is 11.1 Å². The van der Waals surface area contributed by atoms with E-state index in [1.165, 1.54) is 32.1 Å². The SMILES string of the molecule is CN[C@H]1CC2C[C@@H](O)C=C[C@]2(C)C2=C1[C@@H]1CC[C@H](NC)[C@@]1(C)CC2. The Kier molecular flexibility index (Phi) is 3.98. The molecule has 3 N–H and O–H groups in total. The van der Waals surface area contributed by atoms with Crippen molar-refractivity contribution in [2.75, 3.05) is 14.1 Å². The van der Waals surface area contributed by atoms with Crippen LogP contribution in [-0.4, -0.2) is 37.4 Å². The zero-order valence-electron chi connectivity index (χ0n) is 15.7. The Morgan fingerprint density at radius 2 is 1.92 bits per heavy atom. The van der Waals surface area contributed by atoms with Crippen LogP contribution < -0.4 is 10.6 Å². The fraction of sp³-hybridized carbons (Fsp3) is 0.810. The lowest BCUT2D eigenvalue weighted by atomic mass is 9.52. The highest BCUT2D eigenvalue weighted by Gasteiger charge is 2.56. The first-order valence-electron chi connectivity index (χ1n) is 9.89. The zero-order chi connectivity index (χ0) is 17.1. The van der Waals surface area contributed by atoms with Crippen molar-refractivity contribution >= 4 is 0 Å². The summed E-state index contributed by atoms with van der Waals surface area (Å²) in [6.07, 6.45) is 11.4. The van der Waals surface area contributed by atoms with Crippen LogP contribution in [0, 0.1) is 22.7 Å². The summed E-state index contributed by atoms with van der Waals surface area (Å²) in [6, 6.07) is 1.15. The lowest BCUT2D eigenvalue weighted by molar-refractivity contribution is 0.0903. The molecule has 0 aromatic heterocycles. The van der Waals surface area contributed by atoms with E-state index in [-0.39, 0.29) is 11.5 Å². The second kappa shape index (κ2) is 5.69. The number of allylic oxidation sites excluding steroid dienone is 2. The lowest BCUT2D eigenvalue weighted by Crippen LogP contribution is -2.52. The summed E-state index contributed by atoms with van der Waals surface area (Å²) in [5, 5.41) is 17.4. The van der Waals surface area contributed by atoms with Gasteiger partial charge in [0.05, 0.1) is 6.10 Å². The van der Waals surface area contributed by atoms with Crippen LogP contribution >= 0.6 is 0 Å². The fourth-order valence-corrected chi connectivity index (χ4v) is 6.79. The molecule has 24 heavy (non-hydrogen) atoms. The number of aliphatic hydroxyl groups excluding tert-OH is 1. The molecule has 1 saturated carbocycles. The van der Waals surface area contributed by atoms with Gasteiger partial charge in [-0.25, -0.2) is 0 Å². The summed E-state index contributed by atoms with van der Waals surface area (Å²) in [4.78, 5) is 0. The van der Waals surface area contributed by atoms with E-state index in [0.717, 1.165) is 6.42 Å². The van der Waals surface area contributed by atoms with Gasteiger partial charge in [-0.2, -0.15) is 0 Å². The molecule has 1 fully saturated rings. The average Bonchev–Trinajstić information content (AvgIpc) is 2.91. The molecule has 134 valence electrons. The number of fused-ring (bicyclic) bond motifs is 4. The van der Waals surface area contributed by atoms with Crippen molar-refractivity contribution < 1.29 is 5.11 Å². The van der Waals surface area contributed by atoms with Crippen molar-refractivity contribution in [2.24, 2.45) is 22.7 Å². The highest BCUT2D eigenvalue weighted by molar-refractivity contribution is 5.41. The van der Waals surface area contributed by atoms with Gasteiger partial charge in [0.2, 0.25) is 0 Å². The summed E-state index contributed by atoms with van der Waals surface area (Å²) >= 11 is 0. The molecule has 0 spiro atoms. The summed E-state index contributed by atoms with van der Waals surface area (Å²) in [5.41, 5.74) is 4.02. The quantitative estimate of drug-likeness (QED) is 0.682. The molecular formula is C21H34N2O. The van der Waals surface area contributed by atoms with Crippen molar-refractivity contribution in [3.63, 3.8) is 0 Å². The average molecular weight is 331 g/mol. The molecular weight excluding hydrogens is 296 g/mol. The van der Waals surface area contributed by atoms with Crippen molar-refractivity contribution in [3.8, 4) is 0 Å². The van der Waals surface area contributed by atoms with Gasteiger partial charge in [-0.15, -0.1) is 0 Å². The van der Waals surface area contributed by atoms with Crippen LogP contribution in [0.15, 0.2) is 23.3 Å². The minimum Gasteiger partial charge on any atom is -0.389 e. The number of aliphatic hydroxyl groups is 1. The zero-order valence-corrected chi connectivity index (χ0v) is 15.7. The Bertz CT molecular complexity index is 582. The minimum absolute atomic E-state index is 0.168. The van der Waals surface area contributed by atoms with Crippen LogP contribution in [0.2, 0.25) is 0 Å². The maximum atomic E-state index is 10.1. The molecule has 3 nitrogen and oxygen atoms in total. The number of likely N-dealkylation sites (N-methyl/N-ethyl adjacent to an activating group) is 1. The van der Waals surface area contributed by atoms with E-state index in [9.17, 15) is 5.11 Å². The first-order valence-corrected chi connectivity index (χ1v) is 9.89. The molecule has 0 aromatic carbocycles. The second-order valence-corrected chi connectivity index (χ2v) is 9.13. The van der Waals surface area contributed by atoms with Gasteiger partial charge in [0.15, 0.2) is 0 Å². The summed E-state index contributed by atoms with van der Waals surface area (Å²) < 4.78 is 0. The van der Waals surface area contributed by atoms with Crippen LogP contribution in [0.25, 0.3) is 0 Å². The third-order valence-corrected chi connectivity index (χ3v) is 8.26. The van der Waals surface area contributed by atoms with Gasteiger partial charge in [-0.1, -0.05) is 31.6 Å². The second-order valence-electron chi connectivity index (χ2n) is 9.13. The van der Waals surface area contributed by atoms with Crippen LogP contribution in [0.4, 0.5) is 0 Å². The van der Waals surface area contributed by atoms with Crippen LogP contribution in [0.3, 0.4) is 0 Å². The molecule has 0 heterocycles. The number of nitrogens with one attached hydrogen (secondary N) is 2. The summed E-state index contributed by atoms with van der Waals surface area (Å²) in [5.74, 6) is 1.29. The fourth-order valence-electron chi connectivity index (χ4n) is 6.79. The molecule has 0 radical (unpaired) electrons. The Balaban J connectivity index is 1.82. The van der Waals surface area contributed by atoms with Crippen molar-refractivity contribution in [1.29, 1.82) is 0 Å². The maximum Gasteiger partial charge on any atom is 0.0724 e. The molecule has 0 amide bonds. The van der Waals surface area contributed by atoms with Gasteiger partial charge in [0.25, 0.3) is 0 Å². The molecule has 0 aromatic rings. The topological polar surface area (TPSA) is 44.3 Å². The van der Waals surface area contributed by atoms with Crippen molar-refractivity contribution in [1.82, 2.24) is 10.6 Å². The Hall–Kier alpha value is -0.640. The Morgan fingerprint density at radius 3 is 2.62 bits per heavy atom. The van der Waals surface area contributed by atoms with Crippen LogP contribution in [-0.2, 0) is 0 Å². The normalized spacial score (nSPS) is 50.5. The van der Waals surface area contributed by atoms with E-state index in [2.05, 4.69) is 50.7 Å². The number of hydrogen-bond donors (Lipinski definition) is 3. The third kappa shape index (κ3) is 2.14. The smallest absolute Gasteiger partial charge is 0.0724 e. The highest BCUT2D eigenvalue weighted by atomic mass is 16.3. The highest BCUT2D eigenvalue weighted by Crippen LogP contribution is 2.62. The molecule has 0 bridgehead atoms. The molecule has 1 unspecified atom stereocenters. The first kappa shape index (κ1) is 16.8. The standard InChI is InChI=1S/C21H34N2O/c1-20-9-7-14(24)11-13(20)12-17(22-3)19-15-5-6-18(23-4)21(15,2)10-8-16(19)20/h7,9,13-15,17-18,22-24H,5-6,8,10-12H2,1-4H3/t13?,14-,15-,17-,18-,20-,21-/m0/s1. The molecule has 4 aliphatic carbocycles. The Labute approximate surface area is 147 Å². The van der Waals surface area contributed by atoms with Crippen LogP contribution in [0.1, 0.15) is 52.4 Å². The predicted octanol–water partition coefficient (Wildman–Crippen LogP) is 3.02. The largest absolute Gasteiger partial charge is 0.389 e. The van der Waals surface area contributed by atoms with Gasteiger partial charge < -0.3 is 15.7 Å². The van der Waals surface area contributed by atoms with Gasteiger partial charge in [0.1, 0.15) is 0 Å². The first-order chi connectivity index (χ1) is 11.4. The van der Waals surface area contributed by atoms with Crippen molar-refractivity contribution in [2.45, 2.75) is 70.6 Å². The maximum absolute atomic E-state index is 10.1. The van der Waals surface area contributed by atoms with Gasteiger partial charge in [-0.05, 0) is 75.4 Å². The number of rotatable bonds is 2. The molecule has 0 saturated heterocycles. The van der Waals surface area contributed by atoms with Gasteiger partial charge in [0, 0.05) is 17.5 Å². The van der Waals surface area contributed by atoms with E-state index >= 15 is 0 Å². The minimum atomic E-state index is -0.253. The third-order valence-electron chi connectivity index (χ3n) is 8.26. The monoisotopic (exact) mass is 330 g/mol. The van der Waals surface area contributed by atoms with E-state index in [1.807, 2.05) is 0 Å². The molecule has 4 aliphatic rings. The van der Waals surface area contributed by atoms with E-state index in [4.69, 9.17) is 0 Å². The molecule has 3 heteroatoms. The molecule has 4 rings (SSSR count). The van der Waals surface area contributed by atoms with Crippen LogP contribution in [0.5, 0.6) is 0 Å². The van der Waals surface area contributed by atoms with Gasteiger partial charge in [-0.3, -0.25) is 0 Å². The summed E-state index contributed by atoms with van der Waals surface area (Å²) in [6.45, 7) is 4.96. The van der Waals surface area contributed by atoms with E-state index in [0.29, 0.717) is 29.3 Å². The van der Waals surface area contributed by atoms with Gasteiger partial charge >= 0.3 is 0 Å². The Morgan fingerprint density at radius 1 is 1.12 bits per heavy atom. The molecule has 7 atom stereocenters.